The summed E-state index contributed by atoms with van der Waals surface area (Å²) in [5.74, 6) is 0. The Morgan fingerprint density at radius 3 is 2.73 bits per heavy atom. The van der Waals surface area contributed by atoms with Gasteiger partial charge in [0.1, 0.15) is 0 Å². The molecule has 3 heteroatoms. The lowest BCUT2D eigenvalue weighted by Crippen LogP contribution is -2.00. The fourth-order valence-corrected chi connectivity index (χ4v) is 3.93. The zero-order valence-corrected chi connectivity index (χ0v) is 12.6. The number of unbranched alkanes of at least 4 members (excludes halogenated alkanes) is 1. The van der Waals surface area contributed by atoms with E-state index in [0.29, 0.717) is 0 Å². The molecule has 0 atom stereocenters. The average molecular weight is 287 g/mol. The summed E-state index contributed by atoms with van der Waals surface area (Å²) in [6.45, 7) is 3.08. The van der Waals surface area contributed by atoms with E-state index in [1.165, 1.54) is 51.6 Å². The summed E-state index contributed by atoms with van der Waals surface area (Å²) in [4.78, 5) is 0. The number of hydrogen-bond acceptors (Lipinski definition) is 2. The van der Waals surface area contributed by atoms with Crippen molar-refractivity contribution in [1.82, 2.24) is 15.0 Å². The van der Waals surface area contributed by atoms with Gasteiger partial charge in [0.2, 0.25) is 0 Å². The molecule has 2 aromatic carbocycles. The Balaban J connectivity index is 1.76. The van der Waals surface area contributed by atoms with Crippen molar-refractivity contribution in [3.8, 4) is 0 Å². The first-order chi connectivity index (χ1) is 10.9. The third kappa shape index (κ3) is 1.41. The van der Waals surface area contributed by atoms with Crippen LogP contribution in [0.25, 0.3) is 21.9 Å². The fraction of sp³-hybridized carbons (Fsp3) is 0.263. The van der Waals surface area contributed by atoms with Crippen LogP contribution in [0, 0.1) is 0 Å². The Bertz CT molecular complexity index is 941. The van der Waals surface area contributed by atoms with Crippen LogP contribution in [0.2, 0.25) is 0 Å². The maximum atomic E-state index is 4.44. The molecule has 0 saturated carbocycles. The number of aryl methyl sites for hydroxylation is 1. The number of rotatable bonds is 3. The van der Waals surface area contributed by atoms with E-state index in [-0.39, 0.29) is 0 Å². The number of hydrogen-bond donors (Lipinski definition) is 0. The van der Waals surface area contributed by atoms with Crippen molar-refractivity contribution in [3.63, 3.8) is 0 Å². The maximum Gasteiger partial charge on any atom is 0.0931 e. The van der Waals surface area contributed by atoms with Crippen LogP contribution in [-0.4, -0.2) is 15.0 Å². The number of benzene rings is 2. The monoisotopic (exact) mass is 287 g/mol. The van der Waals surface area contributed by atoms with Gasteiger partial charge in [0, 0.05) is 5.57 Å². The summed E-state index contributed by atoms with van der Waals surface area (Å²) in [5.41, 5.74) is 7.97. The third-order valence-electron chi connectivity index (χ3n) is 4.92. The summed E-state index contributed by atoms with van der Waals surface area (Å²) >= 11 is 0. The largest absolute Gasteiger partial charge is 0.240 e. The van der Waals surface area contributed by atoms with Gasteiger partial charge in [-0.15, -0.1) is 5.10 Å². The van der Waals surface area contributed by atoms with Crippen LogP contribution in [0.15, 0.2) is 36.4 Å². The maximum absolute atomic E-state index is 4.44. The molecule has 3 aromatic rings. The van der Waals surface area contributed by atoms with Gasteiger partial charge in [0.05, 0.1) is 17.9 Å². The van der Waals surface area contributed by atoms with Crippen molar-refractivity contribution in [2.24, 2.45) is 0 Å². The van der Waals surface area contributed by atoms with E-state index in [9.17, 15) is 0 Å². The topological polar surface area (TPSA) is 30.7 Å². The molecule has 1 aliphatic carbocycles. The highest BCUT2D eigenvalue weighted by Gasteiger charge is 2.34. The van der Waals surface area contributed by atoms with Crippen LogP contribution in [0.4, 0.5) is 0 Å². The Morgan fingerprint density at radius 2 is 1.91 bits per heavy atom. The van der Waals surface area contributed by atoms with Gasteiger partial charge in [-0.2, -0.15) is 0 Å². The highest BCUT2D eigenvalue weighted by atomic mass is 15.4. The lowest BCUT2D eigenvalue weighted by molar-refractivity contribution is 0.675. The highest BCUT2D eigenvalue weighted by Crippen LogP contribution is 2.49. The molecule has 2 aliphatic rings. The Hall–Kier alpha value is -2.42. The van der Waals surface area contributed by atoms with Crippen LogP contribution in [0.5, 0.6) is 0 Å². The summed E-state index contributed by atoms with van der Waals surface area (Å²) in [7, 11) is 0. The molecule has 0 bridgehead atoms. The van der Waals surface area contributed by atoms with E-state index in [0.717, 1.165) is 18.7 Å². The smallest absolute Gasteiger partial charge is 0.0931 e. The van der Waals surface area contributed by atoms with Gasteiger partial charge in [-0.3, -0.25) is 0 Å². The standard InChI is InChI=1S/C19H17N3/c1-2-3-10-16-19-18-14-9-5-7-12-6-4-8-13(17(12)14)15(18)11-22(19)21-20-16/h4-9H,2-3,10-11H2,1H3. The molecule has 5 rings (SSSR count). The second-order valence-electron chi connectivity index (χ2n) is 6.21. The Morgan fingerprint density at radius 1 is 1.09 bits per heavy atom. The molecular formula is C19H17N3. The number of nitrogens with zero attached hydrogens (tertiary/aromatic N) is 3. The lowest BCUT2D eigenvalue weighted by Gasteiger charge is -2.07. The van der Waals surface area contributed by atoms with Crippen LogP contribution in [-0.2, 0) is 13.0 Å². The van der Waals surface area contributed by atoms with Crippen molar-refractivity contribution >= 4 is 21.9 Å². The second-order valence-corrected chi connectivity index (χ2v) is 6.21. The van der Waals surface area contributed by atoms with Gasteiger partial charge in [0.15, 0.2) is 0 Å². The predicted octanol–water partition coefficient (Wildman–Crippen LogP) is 4.06. The zero-order valence-electron chi connectivity index (χ0n) is 12.6. The van der Waals surface area contributed by atoms with E-state index < -0.39 is 0 Å². The minimum Gasteiger partial charge on any atom is -0.240 e. The molecular weight excluding hydrogens is 270 g/mol. The fourth-order valence-electron chi connectivity index (χ4n) is 3.93. The number of allylic oxidation sites excluding steroid dienone is 1. The van der Waals surface area contributed by atoms with Crippen LogP contribution in [0.3, 0.4) is 0 Å². The van der Waals surface area contributed by atoms with Crippen LogP contribution < -0.4 is 0 Å². The lowest BCUT2D eigenvalue weighted by atomic mass is 9.99. The number of aromatic nitrogens is 3. The first kappa shape index (κ1) is 12.2. The SMILES string of the molecule is CCCCc1nnn2c1C1=C(C2)c2cccc3cccc1c23. The van der Waals surface area contributed by atoms with E-state index in [2.05, 4.69) is 58.3 Å². The predicted molar refractivity (Wildman–Crippen MR) is 88.5 cm³/mol. The summed E-state index contributed by atoms with van der Waals surface area (Å²) in [6.07, 6.45) is 3.38. The minimum atomic E-state index is 0.859. The van der Waals surface area contributed by atoms with Crippen molar-refractivity contribution in [2.45, 2.75) is 32.7 Å². The molecule has 0 fully saturated rings. The molecule has 108 valence electrons. The normalized spacial score (nSPS) is 14.8. The van der Waals surface area contributed by atoms with Gasteiger partial charge >= 0.3 is 0 Å². The van der Waals surface area contributed by atoms with Gasteiger partial charge < -0.3 is 0 Å². The minimum absolute atomic E-state index is 0.859. The van der Waals surface area contributed by atoms with Gasteiger partial charge in [-0.1, -0.05) is 55.0 Å². The molecule has 0 N–H and O–H groups in total. The zero-order chi connectivity index (χ0) is 14.7. The van der Waals surface area contributed by atoms with E-state index in [4.69, 9.17) is 0 Å². The first-order valence-corrected chi connectivity index (χ1v) is 8.07. The summed E-state index contributed by atoms with van der Waals surface area (Å²) < 4.78 is 2.09. The second kappa shape index (κ2) is 4.29. The molecule has 1 aromatic heterocycles. The highest BCUT2D eigenvalue weighted by molar-refractivity contribution is 6.18. The molecule has 0 amide bonds. The summed E-state index contributed by atoms with van der Waals surface area (Å²) in [5, 5.41) is 11.6. The van der Waals surface area contributed by atoms with Crippen molar-refractivity contribution in [1.29, 1.82) is 0 Å². The molecule has 1 aliphatic heterocycles. The Labute approximate surface area is 129 Å². The van der Waals surface area contributed by atoms with E-state index in [1.54, 1.807) is 0 Å². The molecule has 0 spiro atoms. The van der Waals surface area contributed by atoms with Crippen molar-refractivity contribution < 1.29 is 0 Å². The van der Waals surface area contributed by atoms with Gasteiger partial charge in [-0.25, -0.2) is 4.68 Å². The van der Waals surface area contributed by atoms with Gasteiger partial charge in [0.25, 0.3) is 0 Å². The average Bonchev–Trinajstić information content (AvgIpc) is 3.18. The third-order valence-corrected chi connectivity index (χ3v) is 4.92. The van der Waals surface area contributed by atoms with Crippen molar-refractivity contribution in [2.75, 3.05) is 0 Å². The molecule has 0 radical (unpaired) electrons. The van der Waals surface area contributed by atoms with E-state index in [1.807, 2.05) is 0 Å². The molecule has 2 heterocycles. The molecule has 3 nitrogen and oxygen atoms in total. The Kier molecular flexibility index (Phi) is 2.37. The molecule has 0 saturated heterocycles. The van der Waals surface area contributed by atoms with Gasteiger partial charge in [-0.05, 0) is 40.3 Å². The molecule has 22 heavy (non-hydrogen) atoms. The van der Waals surface area contributed by atoms with E-state index >= 15 is 0 Å². The van der Waals surface area contributed by atoms with Crippen LogP contribution >= 0.6 is 0 Å². The van der Waals surface area contributed by atoms with Crippen LogP contribution in [0.1, 0.15) is 42.3 Å². The van der Waals surface area contributed by atoms with Crippen molar-refractivity contribution in [3.05, 3.63) is 58.9 Å². The summed E-state index contributed by atoms with van der Waals surface area (Å²) in [6, 6.07) is 13.2. The quantitative estimate of drug-likeness (QED) is 0.727. The first-order valence-electron chi connectivity index (χ1n) is 8.07. The number of fused-ring (bicyclic) bond motifs is 4. The molecule has 0 unspecified atom stereocenters.